The molecule has 0 unspecified atom stereocenters. The quantitative estimate of drug-likeness (QED) is 0.116. The Balaban J connectivity index is 0.000000142. The van der Waals surface area contributed by atoms with Crippen molar-refractivity contribution < 1.29 is 23.1 Å². The fourth-order valence-electron chi connectivity index (χ4n) is 7.67. The van der Waals surface area contributed by atoms with Crippen LogP contribution in [0.25, 0.3) is 44.1 Å². The van der Waals surface area contributed by atoms with E-state index in [0.29, 0.717) is 11.4 Å². The number of aromatic carboxylic acids is 1. The van der Waals surface area contributed by atoms with Crippen molar-refractivity contribution in [3.05, 3.63) is 227 Å². The highest BCUT2D eigenvalue weighted by molar-refractivity contribution is 9.10. The second kappa shape index (κ2) is 20.7. The summed E-state index contributed by atoms with van der Waals surface area (Å²) in [6, 6.07) is 52.9. The van der Waals surface area contributed by atoms with E-state index in [-0.39, 0.29) is 23.0 Å². The fourth-order valence-corrected chi connectivity index (χ4v) is 8.03. The van der Waals surface area contributed by atoms with E-state index in [1.165, 1.54) is 52.9 Å². The van der Waals surface area contributed by atoms with Crippen LogP contribution in [0.2, 0.25) is 0 Å². The summed E-state index contributed by atoms with van der Waals surface area (Å²) in [5.41, 5.74) is 13.9. The van der Waals surface area contributed by atoms with Gasteiger partial charge in [0, 0.05) is 81.2 Å². The number of fused-ring (bicyclic) bond motifs is 2. The Morgan fingerprint density at radius 1 is 0.456 bits per heavy atom. The normalized spacial score (nSPS) is 10.8. The molecule has 10 aromatic rings. The van der Waals surface area contributed by atoms with Gasteiger partial charge >= 0.3 is 5.97 Å². The molecule has 7 nitrogen and oxygen atoms in total. The molecule has 0 amide bonds. The van der Waals surface area contributed by atoms with Crippen molar-refractivity contribution in [1.29, 1.82) is 0 Å². The number of nitrogens with one attached hydrogen (secondary N) is 3. The van der Waals surface area contributed by atoms with Crippen molar-refractivity contribution in [2.24, 2.45) is 14.1 Å². The lowest BCUT2D eigenvalue weighted by Gasteiger charge is -2.12. The summed E-state index contributed by atoms with van der Waals surface area (Å²) in [7, 11) is 4.05. The largest absolute Gasteiger partial charge is 0.478 e. The van der Waals surface area contributed by atoms with E-state index in [0.717, 1.165) is 65.9 Å². The molecule has 0 fully saturated rings. The van der Waals surface area contributed by atoms with E-state index in [9.17, 15) is 23.1 Å². The van der Waals surface area contributed by atoms with Gasteiger partial charge in [-0.1, -0.05) is 52.3 Å². The first-order valence-corrected chi connectivity index (χ1v) is 22.5. The molecule has 0 atom stereocenters. The number of carbonyl (C=O) groups is 1. The van der Waals surface area contributed by atoms with Gasteiger partial charge in [-0.05, 0) is 187 Å². The molecule has 4 N–H and O–H groups in total. The first kappa shape index (κ1) is 46.5. The summed E-state index contributed by atoms with van der Waals surface area (Å²) >= 11 is 3.42. The van der Waals surface area contributed by atoms with Gasteiger partial charge in [0.2, 0.25) is 0 Å². The number of carboxylic acids is 1. The Bertz CT molecular complexity index is 3380. The van der Waals surface area contributed by atoms with Crippen LogP contribution in [-0.2, 0) is 14.1 Å². The minimum atomic E-state index is -1.02. The summed E-state index contributed by atoms with van der Waals surface area (Å²) in [6.07, 6.45) is 4.08. The summed E-state index contributed by atoms with van der Waals surface area (Å²) in [4.78, 5) is 11.6. The summed E-state index contributed by atoms with van der Waals surface area (Å²) in [5.74, 6) is -1.82. The van der Waals surface area contributed by atoms with Crippen molar-refractivity contribution in [2.75, 3.05) is 16.0 Å². The molecule has 0 spiro atoms. The van der Waals surface area contributed by atoms with Crippen molar-refractivity contribution in [2.45, 2.75) is 13.8 Å². The number of anilines is 6. The number of aromatic nitrogens is 2. The molecule has 0 saturated heterocycles. The van der Waals surface area contributed by atoms with Crippen molar-refractivity contribution >= 4 is 77.8 Å². The maximum Gasteiger partial charge on any atom is 0.337 e. The molecular formula is C57H47BrF3N5O2. The topological polar surface area (TPSA) is 83.2 Å². The third-order valence-corrected chi connectivity index (χ3v) is 12.0. The van der Waals surface area contributed by atoms with Crippen LogP contribution in [0.4, 0.5) is 47.3 Å². The van der Waals surface area contributed by atoms with Crippen molar-refractivity contribution in [3.63, 3.8) is 0 Å². The number of benzene rings is 8. The average Bonchev–Trinajstić information content (AvgIpc) is 3.91. The monoisotopic (exact) mass is 969 g/mol. The van der Waals surface area contributed by atoms with Crippen LogP contribution in [0.1, 0.15) is 21.5 Å². The van der Waals surface area contributed by atoms with Crippen LogP contribution < -0.4 is 16.0 Å². The summed E-state index contributed by atoms with van der Waals surface area (Å²) in [5, 5.41) is 21.5. The molecule has 8 aromatic carbocycles. The first-order chi connectivity index (χ1) is 32.8. The van der Waals surface area contributed by atoms with Gasteiger partial charge in [-0.3, -0.25) is 0 Å². The Hall–Kier alpha value is -8.02. The molecular weight excluding hydrogens is 924 g/mol. The molecule has 0 radical (unpaired) electrons. The lowest BCUT2D eigenvalue weighted by atomic mass is 10.0. The minimum absolute atomic E-state index is 0.156. The zero-order valence-electron chi connectivity index (χ0n) is 37.7. The van der Waals surface area contributed by atoms with Crippen LogP contribution in [0.3, 0.4) is 0 Å². The Morgan fingerprint density at radius 3 is 1.28 bits per heavy atom. The molecule has 0 aliphatic heterocycles. The third kappa shape index (κ3) is 11.3. The van der Waals surface area contributed by atoms with Crippen LogP contribution >= 0.6 is 15.9 Å². The second-order valence-corrected chi connectivity index (χ2v) is 17.3. The number of hydrogen-bond donors (Lipinski definition) is 4. The fraction of sp³-hybridized carbons (Fsp3) is 0.0702. The molecule has 11 heteroatoms. The SMILES string of the molecule is Cc1ccc(-c2ccc3c(ccn3C)c2)cc1Nc1ccc(F)cc1.Cc1ccc(Br)cc1Nc1ccc(F)cc1.Cn1ccc2cc(-c3ccc(C(=O)O)c(Nc4ccc(F)cc4)c3)ccc21. The van der Waals surface area contributed by atoms with E-state index < -0.39 is 5.97 Å². The van der Waals surface area contributed by atoms with E-state index in [4.69, 9.17) is 0 Å². The number of hydrogen-bond acceptors (Lipinski definition) is 4. The van der Waals surface area contributed by atoms with Crippen LogP contribution in [-0.4, -0.2) is 20.2 Å². The number of nitrogens with zero attached hydrogens (tertiary/aromatic N) is 2. The van der Waals surface area contributed by atoms with E-state index in [2.05, 4.69) is 105 Å². The van der Waals surface area contributed by atoms with Gasteiger partial charge in [-0.15, -0.1) is 0 Å². The van der Waals surface area contributed by atoms with Crippen molar-refractivity contribution in [1.82, 2.24) is 9.13 Å². The molecule has 0 bridgehead atoms. The molecule has 2 aromatic heterocycles. The van der Waals surface area contributed by atoms with Gasteiger partial charge in [0.25, 0.3) is 0 Å². The minimum Gasteiger partial charge on any atom is -0.478 e. The van der Waals surface area contributed by atoms with Gasteiger partial charge in [0.1, 0.15) is 17.5 Å². The molecule has 0 aliphatic rings. The van der Waals surface area contributed by atoms with Crippen LogP contribution in [0.5, 0.6) is 0 Å². The second-order valence-electron chi connectivity index (χ2n) is 16.4. The van der Waals surface area contributed by atoms with Gasteiger partial charge in [-0.2, -0.15) is 0 Å². The third-order valence-electron chi connectivity index (χ3n) is 11.5. The standard InChI is InChI=1S/C22H17FN2O2.C22H19FN2.C13H11BrFN/c1-25-11-10-16-12-14(3-9-21(16)25)15-2-8-19(22(26)27)20(13-15)24-18-6-4-17(23)5-7-18;1-15-3-4-17(14-21(15)24-20-8-6-19(23)7-9-20)16-5-10-22-18(13-16)11-12-25(22)2;1-9-2-3-10(14)8-13(9)16-12-6-4-11(15)5-7-12/h2-13,24H,1H3,(H,26,27);3-14,24H,1-2H3;2-8,16H,1H3. The smallest absolute Gasteiger partial charge is 0.337 e. The highest BCUT2D eigenvalue weighted by Crippen LogP contribution is 2.32. The van der Waals surface area contributed by atoms with Gasteiger partial charge in [0.15, 0.2) is 0 Å². The summed E-state index contributed by atoms with van der Waals surface area (Å²) < 4.78 is 44.1. The lowest BCUT2D eigenvalue weighted by Crippen LogP contribution is -2.03. The molecule has 10 rings (SSSR count). The predicted molar refractivity (Wildman–Crippen MR) is 276 cm³/mol. The van der Waals surface area contributed by atoms with Crippen LogP contribution in [0.15, 0.2) is 193 Å². The number of rotatable bonds is 9. The van der Waals surface area contributed by atoms with Gasteiger partial charge < -0.3 is 30.2 Å². The Kier molecular flexibility index (Phi) is 14.1. The predicted octanol–water partition coefficient (Wildman–Crippen LogP) is 16.1. The molecule has 2 heterocycles. The van der Waals surface area contributed by atoms with E-state index in [1.54, 1.807) is 54.6 Å². The molecule has 0 saturated carbocycles. The van der Waals surface area contributed by atoms with Gasteiger partial charge in [-0.25, -0.2) is 18.0 Å². The molecule has 68 heavy (non-hydrogen) atoms. The zero-order chi connectivity index (χ0) is 47.9. The molecule has 0 aliphatic carbocycles. The lowest BCUT2D eigenvalue weighted by molar-refractivity contribution is 0.0698. The average molecular weight is 971 g/mol. The summed E-state index contributed by atoms with van der Waals surface area (Å²) in [6.45, 7) is 4.09. The Morgan fingerprint density at radius 2 is 0.824 bits per heavy atom. The maximum atomic E-state index is 13.1. The zero-order valence-corrected chi connectivity index (χ0v) is 39.2. The Labute approximate surface area is 401 Å². The number of aryl methyl sites for hydroxylation is 4. The van der Waals surface area contributed by atoms with Crippen molar-refractivity contribution in [3.8, 4) is 22.3 Å². The highest BCUT2D eigenvalue weighted by Gasteiger charge is 2.13. The van der Waals surface area contributed by atoms with Crippen LogP contribution in [0, 0.1) is 31.3 Å². The number of carboxylic acid groups (broad SMARTS) is 1. The first-order valence-electron chi connectivity index (χ1n) is 21.7. The van der Waals surface area contributed by atoms with Gasteiger partial charge in [0.05, 0.1) is 11.3 Å². The van der Waals surface area contributed by atoms with E-state index in [1.807, 2.05) is 61.1 Å². The maximum absolute atomic E-state index is 13.1. The van der Waals surface area contributed by atoms with E-state index >= 15 is 0 Å². The highest BCUT2D eigenvalue weighted by atomic mass is 79.9. The number of halogens is 4. The molecule has 340 valence electrons.